The van der Waals surface area contributed by atoms with Crippen molar-refractivity contribution >= 4 is 33.2 Å². The Labute approximate surface area is 105 Å². The summed E-state index contributed by atoms with van der Waals surface area (Å²) in [5.41, 5.74) is 7.02. The Morgan fingerprint density at radius 3 is 3.00 bits per heavy atom. The van der Waals surface area contributed by atoms with Crippen molar-refractivity contribution < 1.29 is 0 Å². The molecule has 1 unspecified atom stereocenters. The highest BCUT2D eigenvalue weighted by atomic mass is 32.2. The van der Waals surface area contributed by atoms with Gasteiger partial charge in [0.05, 0.1) is 0 Å². The largest absolute Gasteiger partial charge is 0.330 e. The van der Waals surface area contributed by atoms with Gasteiger partial charge in [-0.05, 0) is 35.4 Å². The van der Waals surface area contributed by atoms with Gasteiger partial charge in [-0.25, -0.2) is 0 Å². The standard InChI is InChI=1S/C13H17NS2/c1-10(6-7-14)15-8-11-9-16-13-5-3-2-4-12(11)13/h2-5,9-10H,6-8,14H2,1H3. The van der Waals surface area contributed by atoms with E-state index in [0.29, 0.717) is 5.25 Å². The summed E-state index contributed by atoms with van der Waals surface area (Å²) in [4.78, 5) is 0. The van der Waals surface area contributed by atoms with Gasteiger partial charge in [-0.3, -0.25) is 0 Å². The van der Waals surface area contributed by atoms with E-state index in [2.05, 4.69) is 36.6 Å². The summed E-state index contributed by atoms with van der Waals surface area (Å²) < 4.78 is 1.39. The van der Waals surface area contributed by atoms with Crippen LogP contribution in [0.3, 0.4) is 0 Å². The Hall–Kier alpha value is -0.510. The molecule has 1 atom stereocenters. The van der Waals surface area contributed by atoms with Crippen molar-refractivity contribution in [2.24, 2.45) is 5.73 Å². The average molecular weight is 251 g/mol. The second-order valence-electron chi connectivity index (χ2n) is 3.96. The Bertz CT molecular complexity index is 450. The van der Waals surface area contributed by atoms with E-state index < -0.39 is 0 Å². The van der Waals surface area contributed by atoms with E-state index in [0.717, 1.165) is 18.7 Å². The molecule has 2 N–H and O–H groups in total. The molecular formula is C13H17NS2. The molecule has 0 radical (unpaired) electrons. The van der Waals surface area contributed by atoms with Crippen LogP contribution in [0.2, 0.25) is 0 Å². The third-order valence-electron chi connectivity index (χ3n) is 2.66. The summed E-state index contributed by atoms with van der Waals surface area (Å²) in [5, 5.41) is 4.36. The van der Waals surface area contributed by atoms with Gasteiger partial charge < -0.3 is 5.73 Å². The lowest BCUT2D eigenvalue weighted by Gasteiger charge is -2.08. The molecule has 0 saturated heterocycles. The van der Waals surface area contributed by atoms with Gasteiger partial charge in [0.1, 0.15) is 0 Å². The molecule has 16 heavy (non-hydrogen) atoms. The van der Waals surface area contributed by atoms with Gasteiger partial charge in [-0.2, -0.15) is 11.8 Å². The molecule has 3 heteroatoms. The second-order valence-corrected chi connectivity index (χ2v) is 6.29. The van der Waals surface area contributed by atoms with Crippen molar-refractivity contribution in [3.63, 3.8) is 0 Å². The van der Waals surface area contributed by atoms with Gasteiger partial charge >= 0.3 is 0 Å². The minimum absolute atomic E-state index is 0.656. The maximum Gasteiger partial charge on any atom is 0.0345 e. The number of hydrogen-bond donors (Lipinski definition) is 1. The van der Waals surface area contributed by atoms with E-state index in [1.54, 1.807) is 0 Å². The SMILES string of the molecule is CC(CCN)SCc1csc2ccccc12. The topological polar surface area (TPSA) is 26.0 Å². The molecule has 86 valence electrons. The van der Waals surface area contributed by atoms with Crippen LogP contribution in [0.4, 0.5) is 0 Å². The zero-order valence-corrected chi connectivity index (χ0v) is 11.1. The van der Waals surface area contributed by atoms with Crippen LogP contribution < -0.4 is 5.73 Å². The first-order valence-electron chi connectivity index (χ1n) is 5.58. The predicted octanol–water partition coefficient (Wildman–Crippen LogP) is 3.87. The first-order chi connectivity index (χ1) is 7.81. The lowest BCUT2D eigenvalue weighted by Crippen LogP contribution is -2.07. The van der Waals surface area contributed by atoms with Crippen LogP contribution in [-0.2, 0) is 5.75 Å². The summed E-state index contributed by atoms with van der Waals surface area (Å²) >= 11 is 3.84. The van der Waals surface area contributed by atoms with Crippen LogP contribution in [0.1, 0.15) is 18.9 Å². The van der Waals surface area contributed by atoms with Crippen LogP contribution in [0.25, 0.3) is 10.1 Å². The fourth-order valence-corrected chi connectivity index (χ4v) is 3.77. The number of hydrogen-bond acceptors (Lipinski definition) is 3. The fourth-order valence-electron chi connectivity index (χ4n) is 1.69. The summed E-state index contributed by atoms with van der Waals surface area (Å²) in [6, 6.07) is 8.63. The molecule has 0 aliphatic carbocycles. The zero-order chi connectivity index (χ0) is 11.4. The molecule has 2 rings (SSSR count). The van der Waals surface area contributed by atoms with Gasteiger partial charge in [-0.15, -0.1) is 11.3 Å². The van der Waals surface area contributed by atoms with Gasteiger partial charge in [0, 0.05) is 15.7 Å². The second kappa shape index (κ2) is 5.71. The molecule has 2 aromatic rings. The van der Waals surface area contributed by atoms with Gasteiger partial charge in [0.25, 0.3) is 0 Å². The molecular weight excluding hydrogens is 234 g/mol. The highest BCUT2D eigenvalue weighted by molar-refractivity contribution is 7.99. The molecule has 0 bridgehead atoms. The lowest BCUT2D eigenvalue weighted by molar-refractivity contribution is 0.823. The van der Waals surface area contributed by atoms with E-state index in [4.69, 9.17) is 5.73 Å². The van der Waals surface area contributed by atoms with Crippen LogP contribution in [-0.4, -0.2) is 11.8 Å². The van der Waals surface area contributed by atoms with E-state index in [-0.39, 0.29) is 0 Å². The summed E-state index contributed by atoms with van der Waals surface area (Å²) in [7, 11) is 0. The van der Waals surface area contributed by atoms with Crippen LogP contribution in [0.5, 0.6) is 0 Å². The number of fused-ring (bicyclic) bond motifs is 1. The minimum atomic E-state index is 0.656. The van der Waals surface area contributed by atoms with Crippen LogP contribution in [0.15, 0.2) is 29.6 Å². The Morgan fingerprint density at radius 1 is 1.38 bits per heavy atom. The molecule has 1 nitrogen and oxygen atoms in total. The predicted molar refractivity (Wildman–Crippen MR) is 76.3 cm³/mol. The fraction of sp³-hybridized carbons (Fsp3) is 0.385. The van der Waals surface area contributed by atoms with E-state index in [1.165, 1.54) is 15.6 Å². The Morgan fingerprint density at radius 2 is 2.19 bits per heavy atom. The van der Waals surface area contributed by atoms with E-state index in [1.807, 2.05) is 23.1 Å². The Kier molecular flexibility index (Phi) is 4.27. The maximum absolute atomic E-state index is 5.56. The zero-order valence-electron chi connectivity index (χ0n) is 9.48. The van der Waals surface area contributed by atoms with Crippen molar-refractivity contribution in [3.05, 3.63) is 35.2 Å². The third-order valence-corrected chi connectivity index (χ3v) is 4.95. The van der Waals surface area contributed by atoms with E-state index in [9.17, 15) is 0 Å². The maximum atomic E-state index is 5.56. The molecule has 0 saturated carbocycles. The first-order valence-corrected chi connectivity index (χ1v) is 7.51. The minimum Gasteiger partial charge on any atom is -0.330 e. The van der Waals surface area contributed by atoms with Crippen LogP contribution in [0, 0.1) is 0 Å². The van der Waals surface area contributed by atoms with Crippen molar-refractivity contribution in [2.75, 3.05) is 6.54 Å². The molecule has 1 heterocycles. The third kappa shape index (κ3) is 2.78. The number of rotatable bonds is 5. The Balaban J connectivity index is 2.04. The van der Waals surface area contributed by atoms with Crippen molar-refractivity contribution in [3.8, 4) is 0 Å². The summed E-state index contributed by atoms with van der Waals surface area (Å²) in [5.74, 6) is 1.10. The number of nitrogens with two attached hydrogens (primary N) is 1. The molecule has 0 aliphatic rings. The lowest BCUT2D eigenvalue weighted by atomic mass is 10.2. The van der Waals surface area contributed by atoms with Gasteiger partial charge in [0.2, 0.25) is 0 Å². The summed E-state index contributed by atoms with van der Waals surface area (Å²) in [6.07, 6.45) is 1.10. The smallest absolute Gasteiger partial charge is 0.0345 e. The number of benzene rings is 1. The number of thiophene rings is 1. The molecule has 0 fully saturated rings. The van der Waals surface area contributed by atoms with Crippen molar-refractivity contribution in [1.82, 2.24) is 0 Å². The monoisotopic (exact) mass is 251 g/mol. The molecule has 0 amide bonds. The quantitative estimate of drug-likeness (QED) is 0.873. The van der Waals surface area contributed by atoms with Gasteiger partial charge in [-0.1, -0.05) is 25.1 Å². The highest BCUT2D eigenvalue weighted by Crippen LogP contribution is 2.30. The van der Waals surface area contributed by atoms with Crippen molar-refractivity contribution in [2.45, 2.75) is 24.3 Å². The molecule has 0 aliphatic heterocycles. The van der Waals surface area contributed by atoms with E-state index >= 15 is 0 Å². The van der Waals surface area contributed by atoms with Gasteiger partial charge in [0.15, 0.2) is 0 Å². The normalized spacial score (nSPS) is 13.1. The average Bonchev–Trinajstić information content (AvgIpc) is 2.70. The highest BCUT2D eigenvalue weighted by Gasteiger charge is 2.06. The summed E-state index contributed by atoms with van der Waals surface area (Å²) in [6.45, 7) is 3.05. The first kappa shape index (κ1) is 12.0. The molecule has 1 aromatic heterocycles. The van der Waals surface area contributed by atoms with Crippen LogP contribution >= 0.6 is 23.1 Å². The molecule has 0 spiro atoms. The van der Waals surface area contributed by atoms with Crippen molar-refractivity contribution in [1.29, 1.82) is 0 Å². The number of thioether (sulfide) groups is 1. The molecule has 1 aromatic carbocycles.